The van der Waals surface area contributed by atoms with Crippen molar-refractivity contribution in [2.45, 2.75) is 6.92 Å². The molecule has 0 heterocycles. The number of benzene rings is 2. The van der Waals surface area contributed by atoms with Crippen LogP contribution in [-0.4, -0.2) is 45.5 Å². The van der Waals surface area contributed by atoms with Gasteiger partial charge in [0.1, 0.15) is 6.61 Å². The largest absolute Gasteiger partial charge is 0.546 e. The molecule has 0 atom stereocenters. The molecule has 0 aliphatic rings. The molecule has 0 bridgehead atoms. The van der Waals surface area contributed by atoms with Crippen molar-refractivity contribution in [3.8, 4) is 23.0 Å². The number of ether oxygens (including phenoxy) is 4. The average Bonchev–Trinajstić information content (AvgIpc) is 2.74. The Morgan fingerprint density at radius 2 is 1.45 bits per heavy atom. The SMILES string of the molecule is COc1ccc(C(=O)N/N=C(/C)c2ccc(OCC(=O)[O-])c(OC)c2)cc1OC. The molecule has 0 spiro atoms. The van der Waals surface area contributed by atoms with Crippen molar-refractivity contribution in [3.63, 3.8) is 0 Å². The third kappa shape index (κ3) is 5.61. The first kappa shape index (κ1) is 21.5. The Balaban J connectivity index is 2.14. The van der Waals surface area contributed by atoms with Gasteiger partial charge in [-0.1, -0.05) is 0 Å². The van der Waals surface area contributed by atoms with Gasteiger partial charge in [-0.2, -0.15) is 5.10 Å². The molecular formula is C20H21N2O7-. The zero-order chi connectivity index (χ0) is 21.4. The standard InChI is InChI=1S/C20H22N2O7/c1-12(13-5-8-16(18(9-13)28-4)29-11-19(23)24)21-22-20(25)14-6-7-15(26-2)17(10-14)27-3/h5-10H,11H2,1-4H3,(H,22,25)(H,23,24)/p-1/b21-12-. The summed E-state index contributed by atoms with van der Waals surface area (Å²) < 4.78 is 20.6. The number of hydrogen-bond donors (Lipinski definition) is 1. The van der Waals surface area contributed by atoms with Crippen LogP contribution < -0.4 is 29.5 Å². The minimum Gasteiger partial charge on any atom is -0.546 e. The second-order valence-electron chi connectivity index (χ2n) is 5.73. The summed E-state index contributed by atoms with van der Waals surface area (Å²) in [6.07, 6.45) is 0. The molecule has 0 saturated carbocycles. The molecule has 2 aromatic carbocycles. The van der Waals surface area contributed by atoms with E-state index in [0.29, 0.717) is 34.1 Å². The minimum absolute atomic E-state index is 0.252. The molecule has 1 N–H and O–H groups in total. The number of nitrogens with zero attached hydrogens (tertiary/aromatic N) is 1. The molecule has 0 unspecified atom stereocenters. The van der Waals surface area contributed by atoms with Crippen LogP contribution in [0, 0.1) is 0 Å². The lowest BCUT2D eigenvalue weighted by Gasteiger charge is -2.12. The molecular weight excluding hydrogens is 380 g/mol. The number of carbonyl (C=O) groups is 2. The van der Waals surface area contributed by atoms with Crippen molar-refractivity contribution in [2.75, 3.05) is 27.9 Å². The highest BCUT2D eigenvalue weighted by atomic mass is 16.5. The predicted octanol–water partition coefficient (Wildman–Crippen LogP) is 0.995. The molecule has 2 rings (SSSR count). The first-order valence-electron chi connectivity index (χ1n) is 8.47. The molecule has 1 amide bonds. The molecule has 154 valence electrons. The smallest absolute Gasteiger partial charge is 0.271 e. The maximum Gasteiger partial charge on any atom is 0.271 e. The molecule has 0 fully saturated rings. The number of amides is 1. The van der Waals surface area contributed by atoms with Gasteiger partial charge in [0.15, 0.2) is 23.0 Å². The number of nitrogens with one attached hydrogen (secondary N) is 1. The van der Waals surface area contributed by atoms with Crippen LogP contribution in [0.2, 0.25) is 0 Å². The van der Waals surface area contributed by atoms with Crippen LogP contribution in [0.3, 0.4) is 0 Å². The van der Waals surface area contributed by atoms with Crippen molar-refractivity contribution >= 4 is 17.6 Å². The summed E-state index contributed by atoms with van der Waals surface area (Å²) >= 11 is 0. The van der Waals surface area contributed by atoms with E-state index < -0.39 is 18.5 Å². The van der Waals surface area contributed by atoms with Crippen molar-refractivity contribution in [1.29, 1.82) is 0 Å². The number of rotatable bonds is 9. The number of carboxylic acid groups (broad SMARTS) is 1. The third-order valence-corrected chi connectivity index (χ3v) is 3.90. The fraction of sp³-hybridized carbons (Fsp3) is 0.250. The molecule has 9 heteroatoms. The number of carbonyl (C=O) groups excluding carboxylic acids is 2. The zero-order valence-electron chi connectivity index (χ0n) is 16.5. The normalized spacial score (nSPS) is 10.8. The van der Waals surface area contributed by atoms with E-state index in [9.17, 15) is 14.7 Å². The van der Waals surface area contributed by atoms with E-state index in [2.05, 4.69) is 10.5 Å². The van der Waals surface area contributed by atoms with Gasteiger partial charge in [0.25, 0.3) is 5.91 Å². The highest BCUT2D eigenvalue weighted by molar-refractivity contribution is 6.01. The van der Waals surface area contributed by atoms with Crippen LogP contribution in [0.15, 0.2) is 41.5 Å². The van der Waals surface area contributed by atoms with Crippen LogP contribution in [0.25, 0.3) is 0 Å². The van der Waals surface area contributed by atoms with Crippen LogP contribution in [0.5, 0.6) is 23.0 Å². The fourth-order valence-corrected chi connectivity index (χ4v) is 2.39. The van der Waals surface area contributed by atoms with E-state index in [1.54, 1.807) is 43.3 Å². The van der Waals surface area contributed by atoms with E-state index in [1.165, 1.54) is 21.3 Å². The van der Waals surface area contributed by atoms with Gasteiger partial charge in [-0.05, 0) is 43.3 Å². The Morgan fingerprint density at radius 1 is 0.897 bits per heavy atom. The van der Waals surface area contributed by atoms with Gasteiger partial charge >= 0.3 is 0 Å². The molecule has 0 aliphatic carbocycles. The maximum atomic E-state index is 12.4. The molecule has 0 saturated heterocycles. The van der Waals surface area contributed by atoms with Gasteiger partial charge in [-0.3, -0.25) is 4.79 Å². The summed E-state index contributed by atoms with van der Waals surface area (Å²) in [5, 5.41) is 14.6. The Morgan fingerprint density at radius 3 is 2.07 bits per heavy atom. The van der Waals surface area contributed by atoms with Crippen molar-refractivity contribution in [1.82, 2.24) is 5.43 Å². The Hall–Kier alpha value is -3.75. The molecule has 0 aliphatic heterocycles. The van der Waals surface area contributed by atoms with Crippen LogP contribution in [0.4, 0.5) is 0 Å². The van der Waals surface area contributed by atoms with E-state index in [0.717, 1.165) is 0 Å². The summed E-state index contributed by atoms with van der Waals surface area (Å²) in [5.74, 6) is -0.250. The molecule has 2 aromatic rings. The van der Waals surface area contributed by atoms with Crippen molar-refractivity contribution in [2.24, 2.45) is 5.10 Å². The molecule has 29 heavy (non-hydrogen) atoms. The number of hydrogen-bond acceptors (Lipinski definition) is 8. The first-order valence-corrected chi connectivity index (χ1v) is 8.47. The third-order valence-electron chi connectivity index (χ3n) is 3.90. The summed E-state index contributed by atoms with van der Waals surface area (Å²) in [6.45, 7) is 1.11. The first-order chi connectivity index (χ1) is 13.9. The molecule has 9 nitrogen and oxygen atoms in total. The summed E-state index contributed by atoms with van der Waals surface area (Å²) in [6, 6.07) is 9.59. The lowest BCUT2D eigenvalue weighted by Crippen LogP contribution is -2.29. The Bertz CT molecular complexity index is 925. The van der Waals surface area contributed by atoms with E-state index in [-0.39, 0.29) is 5.75 Å². The highest BCUT2D eigenvalue weighted by Gasteiger charge is 2.11. The lowest BCUT2D eigenvalue weighted by atomic mass is 10.1. The van der Waals surface area contributed by atoms with Crippen LogP contribution in [-0.2, 0) is 4.79 Å². The van der Waals surface area contributed by atoms with Gasteiger partial charge in [0, 0.05) is 11.1 Å². The minimum atomic E-state index is -1.34. The highest BCUT2D eigenvalue weighted by Crippen LogP contribution is 2.29. The van der Waals surface area contributed by atoms with Crippen molar-refractivity contribution < 1.29 is 33.6 Å². The molecule has 0 aromatic heterocycles. The van der Waals surface area contributed by atoms with Crippen LogP contribution >= 0.6 is 0 Å². The van der Waals surface area contributed by atoms with E-state index in [4.69, 9.17) is 18.9 Å². The van der Waals surface area contributed by atoms with Gasteiger partial charge in [-0.25, -0.2) is 5.43 Å². The van der Waals surface area contributed by atoms with Gasteiger partial charge < -0.3 is 28.8 Å². The summed E-state index contributed by atoms with van der Waals surface area (Å²) in [7, 11) is 4.42. The van der Waals surface area contributed by atoms with E-state index >= 15 is 0 Å². The van der Waals surface area contributed by atoms with Gasteiger partial charge in [-0.15, -0.1) is 0 Å². The van der Waals surface area contributed by atoms with E-state index in [1.807, 2.05) is 0 Å². The number of carboxylic acids is 1. The lowest BCUT2D eigenvalue weighted by molar-refractivity contribution is -0.307. The predicted molar refractivity (Wildman–Crippen MR) is 103 cm³/mol. The quantitative estimate of drug-likeness (QED) is 0.492. The number of aliphatic carboxylic acids is 1. The monoisotopic (exact) mass is 401 g/mol. The zero-order valence-corrected chi connectivity index (χ0v) is 16.5. The summed E-state index contributed by atoms with van der Waals surface area (Å²) in [4.78, 5) is 22.9. The maximum absolute atomic E-state index is 12.4. The van der Waals surface area contributed by atoms with Gasteiger partial charge in [0.2, 0.25) is 0 Å². The fourth-order valence-electron chi connectivity index (χ4n) is 2.39. The number of methoxy groups -OCH3 is 3. The van der Waals surface area contributed by atoms with Crippen molar-refractivity contribution in [3.05, 3.63) is 47.5 Å². The van der Waals surface area contributed by atoms with Crippen LogP contribution in [0.1, 0.15) is 22.8 Å². The second kappa shape index (κ2) is 9.98. The number of hydrazone groups is 1. The van der Waals surface area contributed by atoms with Gasteiger partial charge in [0.05, 0.1) is 33.0 Å². The Labute approximate surface area is 167 Å². The second-order valence-corrected chi connectivity index (χ2v) is 5.73. The Kier molecular flexibility index (Phi) is 7.41. The molecule has 0 radical (unpaired) electrons. The average molecular weight is 401 g/mol. The summed E-state index contributed by atoms with van der Waals surface area (Å²) in [5.41, 5.74) is 3.97. The topological polar surface area (TPSA) is 119 Å².